The lowest BCUT2D eigenvalue weighted by Gasteiger charge is -2.24. The maximum atomic E-state index is 13.7. The Balaban J connectivity index is 1.45. The number of hydrogen-bond acceptors (Lipinski definition) is 10. The van der Waals surface area contributed by atoms with E-state index in [-0.39, 0.29) is 30.6 Å². The number of esters is 1. The summed E-state index contributed by atoms with van der Waals surface area (Å²) in [7, 11) is -3.94. The van der Waals surface area contributed by atoms with Gasteiger partial charge in [-0.05, 0) is 46.2 Å². The Labute approximate surface area is 221 Å². The molecule has 0 fully saturated rings. The van der Waals surface area contributed by atoms with Gasteiger partial charge in [0.05, 0.1) is 31.7 Å². The number of ether oxygens (including phenoxy) is 2. The number of hydrogen-bond donors (Lipinski definition) is 2. The van der Waals surface area contributed by atoms with Crippen molar-refractivity contribution in [2.45, 2.75) is 52.3 Å². The van der Waals surface area contributed by atoms with Gasteiger partial charge in [-0.15, -0.1) is 0 Å². The first kappa shape index (κ1) is 27.6. The van der Waals surface area contributed by atoms with Crippen molar-refractivity contribution in [3.63, 3.8) is 0 Å². The molecule has 2 aromatic heterocycles. The van der Waals surface area contributed by atoms with Crippen molar-refractivity contribution < 1.29 is 27.9 Å². The summed E-state index contributed by atoms with van der Waals surface area (Å²) in [5, 5.41) is 2.71. The summed E-state index contributed by atoms with van der Waals surface area (Å²) in [6.45, 7) is 7.40. The minimum absolute atomic E-state index is 0.0836. The van der Waals surface area contributed by atoms with Crippen LogP contribution in [-0.4, -0.2) is 50.8 Å². The molecular weight excluding hydrogens is 511 g/mol. The number of carbonyl (C=O) groups is 1. The predicted molar refractivity (Wildman–Crippen MR) is 142 cm³/mol. The minimum Gasteiger partial charge on any atom is -0.476 e. The number of rotatable bonds is 12. The zero-order valence-corrected chi connectivity index (χ0v) is 22.7. The van der Waals surface area contributed by atoms with E-state index in [9.17, 15) is 9.36 Å². The number of para-hydroxylation sites is 1. The number of nitrogens with two attached hydrogens (primary N) is 1. The molecule has 2 heterocycles. The van der Waals surface area contributed by atoms with Crippen molar-refractivity contribution in [2.75, 3.05) is 18.9 Å². The summed E-state index contributed by atoms with van der Waals surface area (Å²) < 4.78 is 38.0. The van der Waals surface area contributed by atoms with E-state index >= 15 is 0 Å². The lowest BCUT2D eigenvalue weighted by atomic mass is 10.1. The zero-order chi connectivity index (χ0) is 27.3. The Morgan fingerprint density at radius 1 is 1.21 bits per heavy atom. The van der Waals surface area contributed by atoms with Gasteiger partial charge in [-0.3, -0.25) is 9.32 Å². The number of nitrogens with one attached hydrogen (secondary N) is 1. The molecule has 204 valence electrons. The van der Waals surface area contributed by atoms with E-state index in [0.717, 1.165) is 0 Å². The van der Waals surface area contributed by atoms with Crippen LogP contribution in [0.25, 0.3) is 11.2 Å². The molecular formula is C25H33N6O6P. The number of anilines is 1. The van der Waals surface area contributed by atoms with Gasteiger partial charge in [0.25, 0.3) is 0 Å². The topological polar surface area (TPSA) is 153 Å². The van der Waals surface area contributed by atoms with Crippen LogP contribution in [0.5, 0.6) is 11.6 Å². The van der Waals surface area contributed by atoms with Gasteiger partial charge >= 0.3 is 13.7 Å². The fourth-order valence-electron chi connectivity index (χ4n) is 4.00. The van der Waals surface area contributed by atoms with Gasteiger partial charge in [0.15, 0.2) is 11.2 Å². The first-order valence-corrected chi connectivity index (χ1v) is 14.0. The summed E-state index contributed by atoms with van der Waals surface area (Å²) in [6, 6.07) is 7.64. The molecule has 1 aliphatic carbocycles. The van der Waals surface area contributed by atoms with Gasteiger partial charge < -0.3 is 24.3 Å². The number of carbonyl (C=O) groups excluding carboxylic acids is 1. The molecule has 1 aliphatic rings. The van der Waals surface area contributed by atoms with Crippen LogP contribution in [0.2, 0.25) is 0 Å². The third-order valence-corrected chi connectivity index (χ3v) is 7.32. The van der Waals surface area contributed by atoms with Crippen molar-refractivity contribution in [2.24, 2.45) is 5.92 Å². The Kier molecular flexibility index (Phi) is 8.65. The molecule has 0 unspecified atom stereocenters. The second-order valence-electron chi connectivity index (χ2n) is 9.13. The Hall–Kier alpha value is -3.47. The highest BCUT2D eigenvalue weighted by Gasteiger charge is 2.34. The Morgan fingerprint density at radius 2 is 1.97 bits per heavy atom. The average molecular weight is 545 g/mol. The van der Waals surface area contributed by atoms with Crippen LogP contribution in [0.4, 0.5) is 5.95 Å². The molecule has 0 amide bonds. The minimum atomic E-state index is -3.94. The van der Waals surface area contributed by atoms with E-state index < -0.39 is 19.8 Å². The Morgan fingerprint density at radius 3 is 2.68 bits per heavy atom. The van der Waals surface area contributed by atoms with E-state index in [1.54, 1.807) is 51.4 Å². The fourth-order valence-corrected chi connectivity index (χ4v) is 5.54. The van der Waals surface area contributed by atoms with Crippen molar-refractivity contribution in [1.29, 1.82) is 0 Å². The van der Waals surface area contributed by atoms with Crippen LogP contribution in [0.1, 0.15) is 40.2 Å². The van der Waals surface area contributed by atoms with Crippen LogP contribution in [0.15, 0.2) is 48.8 Å². The SMILES string of the molecule is CCOc1nc(N)nc2c1ncn2[C@H]1C=C[C@@H](CO[P@](=O)(N[C@@H](C)C(=O)OC(C)C)Oc2ccccc2)C1. The number of imidazole rings is 1. The van der Waals surface area contributed by atoms with E-state index in [1.807, 2.05) is 29.7 Å². The van der Waals surface area contributed by atoms with Crippen LogP contribution < -0.4 is 20.1 Å². The molecule has 0 saturated heterocycles. The summed E-state index contributed by atoms with van der Waals surface area (Å²) in [4.78, 5) is 25.3. The lowest BCUT2D eigenvalue weighted by Crippen LogP contribution is -2.36. The summed E-state index contributed by atoms with van der Waals surface area (Å²) in [5.74, 6) is 0.141. The molecule has 0 radical (unpaired) electrons. The molecule has 0 saturated carbocycles. The van der Waals surface area contributed by atoms with Gasteiger partial charge in [-0.1, -0.05) is 30.4 Å². The highest BCUT2D eigenvalue weighted by molar-refractivity contribution is 7.52. The first-order chi connectivity index (χ1) is 18.2. The van der Waals surface area contributed by atoms with Gasteiger partial charge in [0.1, 0.15) is 11.8 Å². The number of allylic oxidation sites excluding steroid dienone is 1. The summed E-state index contributed by atoms with van der Waals surface area (Å²) in [6.07, 6.45) is 5.98. The van der Waals surface area contributed by atoms with Crippen molar-refractivity contribution >= 4 is 30.8 Å². The normalized spacial score (nSPS) is 19.4. The lowest BCUT2D eigenvalue weighted by molar-refractivity contribution is -0.149. The average Bonchev–Trinajstić information content (AvgIpc) is 3.50. The van der Waals surface area contributed by atoms with E-state index in [4.69, 9.17) is 24.3 Å². The second kappa shape index (κ2) is 11.9. The molecule has 1 aromatic carbocycles. The molecule has 4 atom stereocenters. The van der Waals surface area contributed by atoms with Crippen LogP contribution in [-0.2, 0) is 18.6 Å². The molecule has 3 aromatic rings. The van der Waals surface area contributed by atoms with Gasteiger partial charge in [0, 0.05) is 5.92 Å². The van der Waals surface area contributed by atoms with Gasteiger partial charge in [-0.25, -0.2) is 9.55 Å². The number of aromatic nitrogens is 4. The van der Waals surface area contributed by atoms with Crippen molar-refractivity contribution in [3.8, 4) is 11.6 Å². The highest BCUT2D eigenvalue weighted by atomic mass is 31.2. The fraction of sp³-hybridized carbons (Fsp3) is 0.440. The highest BCUT2D eigenvalue weighted by Crippen LogP contribution is 2.46. The molecule has 38 heavy (non-hydrogen) atoms. The summed E-state index contributed by atoms with van der Waals surface area (Å²) in [5.41, 5.74) is 6.98. The van der Waals surface area contributed by atoms with E-state index in [1.165, 1.54) is 0 Å². The van der Waals surface area contributed by atoms with Gasteiger partial charge in [-0.2, -0.15) is 15.1 Å². The maximum Gasteiger partial charge on any atom is 0.459 e. The smallest absolute Gasteiger partial charge is 0.459 e. The standard InChI is InChI=1S/C25H33N6O6P/c1-5-34-23-21-22(28-25(26)29-23)31(15-27-21)19-12-11-18(13-19)14-35-38(33,37-20-9-7-6-8-10-20)30-17(4)24(32)36-16(2)3/h6-12,15-19H,5,13-14H2,1-4H3,(H,30,33)(H2,26,28,29)/t17-,18+,19-,38+/m0/s1. The molecule has 0 spiro atoms. The second-order valence-corrected chi connectivity index (χ2v) is 10.8. The zero-order valence-electron chi connectivity index (χ0n) is 21.8. The predicted octanol–water partition coefficient (Wildman–Crippen LogP) is 4.06. The van der Waals surface area contributed by atoms with Crippen molar-refractivity contribution in [3.05, 3.63) is 48.8 Å². The first-order valence-electron chi connectivity index (χ1n) is 12.5. The maximum absolute atomic E-state index is 13.7. The Bertz CT molecular complexity index is 1330. The van der Waals surface area contributed by atoms with Crippen LogP contribution >= 0.6 is 7.75 Å². The number of nitrogen functional groups attached to an aromatic ring is 1. The number of benzene rings is 1. The molecule has 0 aliphatic heterocycles. The van der Waals surface area contributed by atoms with Crippen LogP contribution in [0.3, 0.4) is 0 Å². The van der Waals surface area contributed by atoms with E-state index in [0.29, 0.717) is 35.8 Å². The van der Waals surface area contributed by atoms with E-state index in [2.05, 4.69) is 20.0 Å². The number of fused-ring (bicyclic) bond motifs is 1. The molecule has 13 heteroatoms. The van der Waals surface area contributed by atoms with Gasteiger partial charge in [0.2, 0.25) is 11.8 Å². The molecule has 12 nitrogen and oxygen atoms in total. The largest absolute Gasteiger partial charge is 0.476 e. The summed E-state index contributed by atoms with van der Waals surface area (Å²) >= 11 is 0. The molecule has 3 N–H and O–H groups in total. The third kappa shape index (κ3) is 6.69. The monoisotopic (exact) mass is 544 g/mol. The molecule has 4 rings (SSSR count). The molecule has 0 bridgehead atoms. The number of nitrogens with zero attached hydrogens (tertiary/aromatic N) is 4. The third-order valence-electron chi connectivity index (χ3n) is 5.68. The van der Waals surface area contributed by atoms with Crippen molar-refractivity contribution in [1.82, 2.24) is 24.6 Å². The van der Waals surface area contributed by atoms with Crippen LogP contribution in [0, 0.1) is 5.92 Å². The quantitative estimate of drug-likeness (QED) is 0.193.